The van der Waals surface area contributed by atoms with Crippen molar-refractivity contribution in [3.63, 3.8) is 0 Å². The van der Waals surface area contributed by atoms with E-state index in [0.717, 1.165) is 5.56 Å². The highest BCUT2D eigenvalue weighted by Crippen LogP contribution is 2.11. The minimum atomic E-state index is -0.644. The summed E-state index contributed by atoms with van der Waals surface area (Å²) in [7, 11) is 0. The third-order valence-corrected chi connectivity index (χ3v) is 1.98. The zero-order valence-corrected chi connectivity index (χ0v) is 10.2. The van der Waals surface area contributed by atoms with Gasteiger partial charge >= 0.3 is 5.97 Å². The molecule has 0 aliphatic heterocycles. The highest BCUT2D eigenvalue weighted by Gasteiger charge is 2.14. The molecule has 0 spiro atoms. The van der Waals surface area contributed by atoms with Gasteiger partial charge in [-0.3, -0.25) is 9.45 Å². The zero-order valence-electron chi connectivity index (χ0n) is 9.47. The predicted molar refractivity (Wildman–Crippen MR) is 64.5 cm³/mol. The van der Waals surface area contributed by atoms with E-state index >= 15 is 0 Å². The van der Waals surface area contributed by atoms with Gasteiger partial charge in [0.1, 0.15) is 11.8 Å². The molecule has 96 valence electrons. The number of benzene rings is 1. The number of phenolic OH excluding ortho intramolecular Hbond substituents is 1. The normalized spacial score (nSPS) is 11.1. The van der Waals surface area contributed by atoms with Crippen LogP contribution in [0.3, 0.4) is 0 Å². The number of ether oxygens (including phenoxy) is 1. The van der Waals surface area contributed by atoms with E-state index in [1.54, 1.807) is 31.2 Å². The van der Waals surface area contributed by atoms with Crippen molar-refractivity contribution in [2.45, 2.75) is 19.4 Å². The predicted octanol–water partition coefficient (Wildman–Crippen LogP) is 0.958. The van der Waals surface area contributed by atoms with Crippen LogP contribution in [0.1, 0.15) is 12.5 Å². The van der Waals surface area contributed by atoms with Crippen molar-refractivity contribution in [2.75, 3.05) is 6.61 Å². The van der Waals surface area contributed by atoms with Crippen LogP contribution in [0.15, 0.2) is 24.3 Å². The number of rotatable bonds is 4. The summed E-state index contributed by atoms with van der Waals surface area (Å²) in [6.45, 7) is 2.08. The molecule has 0 amide bonds. The number of esters is 1. The van der Waals surface area contributed by atoms with Gasteiger partial charge in [-0.1, -0.05) is 12.1 Å². The minimum absolute atomic E-state index is 0.198. The first-order valence-corrected chi connectivity index (χ1v) is 5.34. The lowest BCUT2D eigenvalue weighted by molar-refractivity contribution is -0.144. The third-order valence-electron chi connectivity index (χ3n) is 1.98. The molecule has 0 aromatic heterocycles. The lowest BCUT2D eigenvalue weighted by Gasteiger charge is -2.10. The molecule has 0 saturated carbocycles. The molecule has 0 radical (unpaired) electrons. The number of hydrogen-bond donors (Lipinski definition) is 3. The summed E-state index contributed by atoms with van der Waals surface area (Å²) in [6, 6.07) is 5.94. The molecule has 1 aromatic carbocycles. The summed E-state index contributed by atoms with van der Waals surface area (Å²) >= 11 is 3.64. The fraction of sp³-hybridized carbons (Fsp3) is 0.364. The van der Waals surface area contributed by atoms with Crippen LogP contribution in [0, 0.1) is 0 Å². The second-order valence-electron chi connectivity index (χ2n) is 3.23. The summed E-state index contributed by atoms with van der Waals surface area (Å²) in [4.78, 5) is 11.2. The van der Waals surface area contributed by atoms with E-state index < -0.39 is 12.0 Å². The monoisotopic (exact) mass is 261 g/mol. The van der Waals surface area contributed by atoms with Gasteiger partial charge in [0.15, 0.2) is 0 Å². The molecular weight excluding hydrogens is 246 g/mol. The van der Waals surface area contributed by atoms with Crippen LogP contribution in [0.4, 0.5) is 0 Å². The molecule has 0 unspecified atom stereocenters. The van der Waals surface area contributed by atoms with Crippen LogP contribution in [0.2, 0.25) is 0 Å². The Bertz CT molecular complexity index is 329. The van der Waals surface area contributed by atoms with Gasteiger partial charge in [-0.25, -0.2) is 0 Å². The maximum Gasteiger partial charge on any atom is 0.323 e. The number of aromatic hydroxyl groups is 1. The molecule has 6 heteroatoms. The molecule has 4 N–H and O–H groups in total. The van der Waals surface area contributed by atoms with Crippen LogP contribution in [0.5, 0.6) is 5.75 Å². The van der Waals surface area contributed by atoms with Crippen LogP contribution < -0.4 is 5.73 Å². The van der Waals surface area contributed by atoms with Crippen LogP contribution in [0.25, 0.3) is 0 Å². The Kier molecular flexibility index (Phi) is 8.13. The van der Waals surface area contributed by atoms with Gasteiger partial charge in [-0.15, -0.1) is 0 Å². The van der Waals surface area contributed by atoms with Gasteiger partial charge in [0.05, 0.1) is 18.5 Å². The van der Waals surface area contributed by atoms with Gasteiger partial charge in [0.2, 0.25) is 0 Å². The fourth-order valence-corrected chi connectivity index (χ4v) is 1.22. The molecule has 0 fully saturated rings. The smallest absolute Gasteiger partial charge is 0.323 e. The van der Waals surface area contributed by atoms with E-state index in [-0.39, 0.29) is 5.75 Å². The van der Waals surface area contributed by atoms with Crippen molar-refractivity contribution in [3.05, 3.63) is 29.8 Å². The largest absolute Gasteiger partial charge is 0.508 e. The number of phenols is 1. The molecule has 1 atom stereocenters. The first kappa shape index (κ1) is 15.7. The van der Waals surface area contributed by atoms with E-state index in [0.29, 0.717) is 13.0 Å². The minimum Gasteiger partial charge on any atom is -0.508 e. The Labute approximate surface area is 105 Å². The van der Waals surface area contributed by atoms with Crippen molar-refractivity contribution in [1.29, 1.82) is 0 Å². The Morgan fingerprint density at radius 3 is 2.41 bits per heavy atom. The van der Waals surface area contributed by atoms with Gasteiger partial charge in [0.25, 0.3) is 0 Å². The maximum atomic E-state index is 11.2. The first-order valence-electron chi connectivity index (χ1n) is 5.00. The van der Waals surface area contributed by atoms with Gasteiger partial charge in [0, 0.05) is 0 Å². The standard InChI is InChI=1S/C11H15NO3.ClHO/c1-2-15-11(14)10(12)7-8-3-5-9(13)6-4-8;1-2/h3-6,10,13H,2,7,12H2,1H3;2H/t10-;/m0./s1. The SMILES string of the molecule is CCOC(=O)[C@@H](N)Cc1ccc(O)cc1.OCl. The average molecular weight is 262 g/mol. The maximum absolute atomic E-state index is 11.2. The third kappa shape index (κ3) is 6.11. The molecule has 0 heterocycles. The van der Waals surface area contributed by atoms with E-state index in [9.17, 15) is 4.79 Å². The van der Waals surface area contributed by atoms with Crippen molar-refractivity contribution >= 4 is 17.8 Å². The number of carbonyl (C=O) groups is 1. The highest BCUT2D eigenvalue weighted by molar-refractivity contribution is 6.04. The molecule has 0 aliphatic carbocycles. The second kappa shape index (κ2) is 8.81. The molecular formula is C11H16ClNO4. The van der Waals surface area contributed by atoms with Crippen molar-refractivity contribution < 1.29 is 19.3 Å². The fourth-order valence-electron chi connectivity index (χ4n) is 1.22. The van der Waals surface area contributed by atoms with Gasteiger partial charge in [-0.2, -0.15) is 0 Å². The van der Waals surface area contributed by atoms with E-state index in [1.807, 2.05) is 0 Å². The number of hydrogen-bond acceptors (Lipinski definition) is 5. The molecule has 17 heavy (non-hydrogen) atoms. The summed E-state index contributed by atoms with van der Waals surface area (Å²) in [5.74, 6) is -0.200. The number of carbonyl (C=O) groups excluding carboxylic acids is 1. The van der Waals surface area contributed by atoms with Gasteiger partial charge < -0.3 is 15.6 Å². The lowest BCUT2D eigenvalue weighted by Crippen LogP contribution is -2.34. The van der Waals surface area contributed by atoms with Crippen molar-refractivity contribution in [2.24, 2.45) is 5.73 Å². The molecule has 1 rings (SSSR count). The lowest BCUT2D eigenvalue weighted by atomic mass is 10.1. The molecule has 0 bridgehead atoms. The molecule has 0 aliphatic rings. The topological polar surface area (TPSA) is 92.8 Å². The summed E-state index contributed by atoms with van der Waals surface area (Å²) < 4.78 is 11.3. The Morgan fingerprint density at radius 1 is 1.41 bits per heavy atom. The van der Waals surface area contributed by atoms with Crippen molar-refractivity contribution in [1.82, 2.24) is 0 Å². The van der Waals surface area contributed by atoms with E-state index in [1.165, 1.54) is 0 Å². The number of halogens is 1. The van der Waals surface area contributed by atoms with Crippen LogP contribution >= 0.6 is 11.9 Å². The van der Waals surface area contributed by atoms with E-state index in [4.69, 9.17) is 20.2 Å². The summed E-state index contributed by atoms with van der Waals surface area (Å²) in [5, 5.41) is 9.06. The molecule has 5 nitrogen and oxygen atoms in total. The summed E-state index contributed by atoms with van der Waals surface area (Å²) in [6.07, 6.45) is 0.416. The molecule has 0 saturated heterocycles. The second-order valence-corrected chi connectivity index (χ2v) is 3.23. The summed E-state index contributed by atoms with van der Waals surface area (Å²) in [5.41, 5.74) is 6.53. The Hall–Kier alpha value is -1.30. The quantitative estimate of drug-likeness (QED) is 0.702. The highest BCUT2D eigenvalue weighted by atomic mass is 35.5. The zero-order chi connectivity index (χ0) is 13.3. The Balaban J connectivity index is 0.00000121. The average Bonchev–Trinajstić information content (AvgIpc) is 2.35. The Morgan fingerprint density at radius 2 is 1.94 bits per heavy atom. The van der Waals surface area contributed by atoms with Gasteiger partial charge in [-0.05, 0) is 31.0 Å². The van der Waals surface area contributed by atoms with Crippen molar-refractivity contribution in [3.8, 4) is 5.75 Å². The first-order chi connectivity index (χ1) is 8.13. The molecule has 1 aromatic rings. The van der Waals surface area contributed by atoms with Crippen LogP contribution in [-0.4, -0.2) is 28.4 Å². The van der Waals surface area contributed by atoms with E-state index in [2.05, 4.69) is 11.9 Å². The number of nitrogens with two attached hydrogens (primary N) is 1. The van der Waals surface area contributed by atoms with Crippen LogP contribution in [-0.2, 0) is 16.0 Å².